The second kappa shape index (κ2) is 6.32. The zero-order chi connectivity index (χ0) is 12.0. The summed E-state index contributed by atoms with van der Waals surface area (Å²) in [7, 11) is 1.36. The minimum Gasteiger partial charge on any atom is -0.453 e. The highest BCUT2D eigenvalue weighted by Gasteiger charge is 2.24. The van der Waals surface area contributed by atoms with Crippen molar-refractivity contribution in [1.29, 1.82) is 0 Å². The normalized spacial score (nSPS) is 16.1. The smallest absolute Gasteiger partial charge is 0.409 e. The summed E-state index contributed by atoms with van der Waals surface area (Å²) in [5.41, 5.74) is 0. The van der Waals surface area contributed by atoms with Gasteiger partial charge in [-0.05, 0) is 6.92 Å². The Balaban J connectivity index is 2.31. The molecule has 0 bridgehead atoms. The van der Waals surface area contributed by atoms with Crippen molar-refractivity contribution in [3.05, 3.63) is 0 Å². The maximum atomic E-state index is 11.6. The average molecular weight is 230 g/mol. The molecular weight excluding hydrogens is 212 g/mol. The van der Waals surface area contributed by atoms with Crippen molar-refractivity contribution < 1.29 is 19.1 Å². The number of rotatable bonds is 3. The van der Waals surface area contributed by atoms with Gasteiger partial charge in [0.05, 0.1) is 7.11 Å². The van der Waals surface area contributed by atoms with Gasteiger partial charge in [-0.3, -0.25) is 4.79 Å². The molecule has 16 heavy (non-hydrogen) atoms. The van der Waals surface area contributed by atoms with Crippen LogP contribution in [0.5, 0.6) is 0 Å². The molecule has 0 aromatic heterocycles. The van der Waals surface area contributed by atoms with Crippen LogP contribution in [0, 0.1) is 0 Å². The topological polar surface area (TPSA) is 59.1 Å². The van der Waals surface area contributed by atoms with Crippen molar-refractivity contribution in [3.8, 4) is 0 Å². The summed E-state index contributed by atoms with van der Waals surface area (Å²) in [6, 6.07) is 0. The fourth-order valence-electron chi connectivity index (χ4n) is 1.55. The standard InChI is InChI=1S/C10H18N2O4/c1-3-16-8-9(13)11-4-6-12(7-5-11)10(14)15-2/h3-8H2,1-2H3. The lowest BCUT2D eigenvalue weighted by molar-refractivity contribution is -0.137. The summed E-state index contributed by atoms with van der Waals surface area (Å²) in [5, 5.41) is 0. The van der Waals surface area contributed by atoms with Gasteiger partial charge in [0.25, 0.3) is 0 Å². The van der Waals surface area contributed by atoms with Gasteiger partial charge in [-0.2, -0.15) is 0 Å². The van der Waals surface area contributed by atoms with Crippen molar-refractivity contribution in [1.82, 2.24) is 9.80 Å². The van der Waals surface area contributed by atoms with Crippen molar-refractivity contribution in [2.75, 3.05) is 46.5 Å². The van der Waals surface area contributed by atoms with Crippen LogP contribution in [0.1, 0.15) is 6.92 Å². The average Bonchev–Trinajstić information content (AvgIpc) is 2.35. The Morgan fingerprint density at radius 2 is 1.69 bits per heavy atom. The highest BCUT2D eigenvalue weighted by atomic mass is 16.5. The van der Waals surface area contributed by atoms with E-state index in [4.69, 9.17) is 4.74 Å². The summed E-state index contributed by atoms with van der Waals surface area (Å²) in [6.45, 7) is 4.63. The van der Waals surface area contributed by atoms with E-state index < -0.39 is 0 Å². The van der Waals surface area contributed by atoms with Gasteiger partial charge >= 0.3 is 6.09 Å². The molecule has 2 amide bonds. The fourth-order valence-corrected chi connectivity index (χ4v) is 1.55. The Labute approximate surface area is 95.1 Å². The lowest BCUT2D eigenvalue weighted by Gasteiger charge is -2.33. The Morgan fingerprint density at radius 1 is 1.12 bits per heavy atom. The Bertz CT molecular complexity index is 249. The molecule has 1 rings (SSSR count). The molecule has 6 heteroatoms. The zero-order valence-corrected chi connectivity index (χ0v) is 9.77. The van der Waals surface area contributed by atoms with Gasteiger partial charge in [-0.15, -0.1) is 0 Å². The summed E-state index contributed by atoms with van der Waals surface area (Å²) in [6.07, 6.45) is -0.336. The third-order valence-electron chi connectivity index (χ3n) is 2.49. The number of amides is 2. The highest BCUT2D eigenvalue weighted by Crippen LogP contribution is 2.03. The molecule has 1 fully saturated rings. The third kappa shape index (κ3) is 3.37. The van der Waals surface area contributed by atoms with Crippen LogP contribution >= 0.6 is 0 Å². The van der Waals surface area contributed by atoms with Crippen LogP contribution in [0.4, 0.5) is 4.79 Å². The van der Waals surface area contributed by atoms with E-state index in [2.05, 4.69) is 4.74 Å². The number of carbonyl (C=O) groups is 2. The minimum absolute atomic E-state index is 0.0219. The minimum atomic E-state index is -0.336. The van der Waals surface area contributed by atoms with Crippen LogP contribution in [0.25, 0.3) is 0 Å². The first-order valence-corrected chi connectivity index (χ1v) is 5.37. The van der Waals surface area contributed by atoms with Crippen LogP contribution in [0.15, 0.2) is 0 Å². The van der Waals surface area contributed by atoms with Crippen LogP contribution in [-0.4, -0.2) is 68.3 Å². The van der Waals surface area contributed by atoms with Crippen molar-refractivity contribution in [2.45, 2.75) is 6.92 Å². The molecule has 92 valence electrons. The molecular formula is C10H18N2O4. The Morgan fingerprint density at radius 3 is 2.19 bits per heavy atom. The molecule has 1 saturated heterocycles. The number of nitrogens with zero attached hydrogens (tertiary/aromatic N) is 2. The molecule has 0 atom stereocenters. The van der Waals surface area contributed by atoms with Gasteiger partial charge in [0.15, 0.2) is 0 Å². The highest BCUT2D eigenvalue weighted by molar-refractivity contribution is 5.78. The first-order valence-electron chi connectivity index (χ1n) is 5.37. The number of hydrogen-bond acceptors (Lipinski definition) is 4. The molecule has 0 saturated carbocycles. The molecule has 0 aromatic carbocycles. The predicted molar refractivity (Wildman–Crippen MR) is 57.1 cm³/mol. The summed E-state index contributed by atoms with van der Waals surface area (Å²) in [4.78, 5) is 26.1. The molecule has 0 aliphatic carbocycles. The molecule has 0 spiro atoms. The Kier molecular flexibility index (Phi) is 5.04. The molecule has 1 aliphatic heterocycles. The van der Waals surface area contributed by atoms with E-state index in [-0.39, 0.29) is 18.6 Å². The largest absolute Gasteiger partial charge is 0.453 e. The first-order chi connectivity index (χ1) is 7.69. The number of methoxy groups -OCH3 is 1. The van der Waals surface area contributed by atoms with E-state index in [9.17, 15) is 9.59 Å². The van der Waals surface area contributed by atoms with Gasteiger partial charge in [0, 0.05) is 32.8 Å². The summed E-state index contributed by atoms with van der Waals surface area (Å²) >= 11 is 0. The Hall–Kier alpha value is -1.30. The first kappa shape index (κ1) is 12.8. The van der Waals surface area contributed by atoms with E-state index in [1.165, 1.54) is 7.11 Å². The molecule has 6 nitrogen and oxygen atoms in total. The monoisotopic (exact) mass is 230 g/mol. The molecule has 0 N–H and O–H groups in total. The molecule has 0 radical (unpaired) electrons. The molecule has 0 unspecified atom stereocenters. The lowest BCUT2D eigenvalue weighted by Crippen LogP contribution is -2.51. The molecule has 1 heterocycles. The van der Waals surface area contributed by atoms with Crippen LogP contribution < -0.4 is 0 Å². The maximum Gasteiger partial charge on any atom is 0.409 e. The van der Waals surface area contributed by atoms with E-state index in [0.717, 1.165) is 0 Å². The second-order valence-corrected chi connectivity index (χ2v) is 3.48. The van der Waals surface area contributed by atoms with Crippen molar-refractivity contribution in [2.24, 2.45) is 0 Å². The van der Waals surface area contributed by atoms with Gasteiger partial charge in [0.1, 0.15) is 6.61 Å². The number of ether oxygens (including phenoxy) is 2. The van der Waals surface area contributed by atoms with Crippen molar-refractivity contribution in [3.63, 3.8) is 0 Å². The number of carbonyl (C=O) groups excluding carboxylic acids is 2. The molecule has 0 aromatic rings. The predicted octanol–water partition coefficient (Wildman–Crippen LogP) is -0.0665. The van der Waals surface area contributed by atoms with Gasteiger partial charge in [-0.25, -0.2) is 4.79 Å². The van der Waals surface area contributed by atoms with Crippen LogP contribution in [-0.2, 0) is 14.3 Å². The summed E-state index contributed by atoms with van der Waals surface area (Å²) in [5.74, 6) is -0.0219. The number of hydrogen-bond donors (Lipinski definition) is 0. The maximum absolute atomic E-state index is 11.6. The van der Waals surface area contributed by atoms with Gasteiger partial charge in [0.2, 0.25) is 5.91 Å². The van der Waals surface area contributed by atoms with Crippen LogP contribution in [0.2, 0.25) is 0 Å². The quantitative estimate of drug-likeness (QED) is 0.681. The summed E-state index contributed by atoms with van der Waals surface area (Å²) < 4.78 is 9.66. The second-order valence-electron chi connectivity index (χ2n) is 3.48. The lowest BCUT2D eigenvalue weighted by atomic mass is 10.3. The zero-order valence-electron chi connectivity index (χ0n) is 9.77. The van der Waals surface area contributed by atoms with Crippen molar-refractivity contribution >= 4 is 12.0 Å². The SMILES string of the molecule is CCOCC(=O)N1CCN(C(=O)OC)CC1. The van der Waals surface area contributed by atoms with E-state index in [0.29, 0.717) is 32.8 Å². The number of piperazine rings is 1. The van der Waals surface area contributed by atoms with E-state index >= 15 is 0 Å². The van der Waals surface area contributed by atoms with E-state index in [1.54, 1.807) is 9.80 Å². The molecule has 1 aliphatic rings. The van der Waals surface area contributed by atoms with E-state index in [1.807, 2.05) is 6.92 Å². The van der Waals surface area contributed by atoms with Gasteiger partial charge in [-0.1, -0.05) is 0 Å². The third-order valence-corrected chi connectivity index (χ3v) is 2.49. The fraction of sp³-hybridized carbons (Fsp3) is 0.800. The van der Waals surface area contributed by atoms with Crippen LogP contribution in [0.3, 0.4) is 0 Å². The van der Waals surface area contributed by atoms with Gasteiger partial charge < -0.3 is 19.3 Å².